The fourth-order valence-corrected chi connectivity index (χ4v) is 2.32. The zero-order chi connectivity index (χ0) is 12.4. The molecule has 0 unspecified atom stereocenters. The number of hydrogen-bond acceptors (Lipinski definition) is 1. The minimum atomic E-state index is 0.559. The first-order chi connectivity index (χ1) is 8.15. The molecule has 90 valence electrons. The Bertz CT molecular complexity index is 514. The van der Waals surface area contributed by atoms with E-state index in [9.17, 15) is 0 Å². The number of hydrogen-bond donors (Lipinski definition) is 0. The van der Waals surface area contributed by atoms with E-state index in [1.807, 2.05) is 0 Å². The lowest BCUT2D eigenvalue weighted by atomic mass is 9.95. The number of nitrogens with zero attached hydrogens (tertiary/aromatic N) is 1. The maximum Gasteiger partial charge on any atom is 0.0478 e. The third kappa shape index (κ3) is 2.14. The quantitative estimate of drug-likeness (QED) is 0.750. The predicted molar refractivity (Wildman–Crippen MR) is 77.0 cm³/mol. The van der Waals surface area contributed by atoms with Crippen LogP contribution in [0.4, 0.5) is 5.69 Å². The highest BCUT2D eigenvalue weighted by atomic mass is 15.1. The van der Waals surface area contributed by atoms with E-state index in [0.29, 0.717) is 5.92 Å². The molecule has 0 saturated carbocycles. The second kappa shape index (κ2) is 4.79. The number of fused-ring (bicyclic) bond motifs is 1. The molecular formula is C16H21N. The summed E-state index contributed by atoms with van der Waals surface area (Å²) in [5.41, 5.74) is 2.83. The molecule has 1 nitrogen and oxygen atoms in total. The van der Waals surface area contributed by atoms with Crippen LogP contribution in [0.1, 0.15) is 32.3 Å². The second-order valence-corrected chi connectivity index (χ2v) is 4.89. The molecule has 0 fully saturated rings. The Hall–Kier alpha value is -1.50. The zero-order valence-electron chi connectivity index (χ0n) is 11.2. The van der Waals surface area contributed by atoms with Gasteiger partial charge in [-0.15, -0.1) is 0 Å². The first kappa shape index (κ1) is 12.0. The van der Waals surface area contributed by atoms with Gasteiger partial charge in [-0.05, 0) is 23.8 Å². The standard InChI is InChI=1S/C16H21N/c1-5-17(4)16-14(12(2)3)11-10-13-8-6-7-9-15(13)16/h6-12H,5H2,1-4H3. The molecule has 2 aromatic rings. The minimum Gasteiger partial charge on any atom is -0.374 e. The first-order valence-electron chi connectivity index (χ1n) is 6.38. The Balaban J connectivity index is 2.75. The molecule has 0 spiro atoms. The molecule has 0 bridgehead atoms. The summed E-state index contributed by atoms with van der Waals surface area (Å²) in [4.78, 5) is 2.34. The summed E-state index contributed by atoms with van der Waals surface area (Å²) in [6.07, 6.45) is 0. The van der Waals surface area contributed by atoms with Crippen LogP contribution in [-0.2, 0) is 0 Å². The van der Waals surface area contributed by atoms with Crippen molar-refractivity contribution in [3.8, 4) is 0 Å². The van der Waals surface area contributed by atoms with Gasteiger partial charge in [0.15, 0.2) is 0 Å². The summed E-state index contributed by atoms with van der Waals surface area (Å²) in [5.74, 6) is 0.559. The molecule has 0 aliphatic heterocycles. The zero-order valence-corrected chi connectivity index (χ0v) is 11.2. The van der Waals surface area contributed by atoms with Gasteiger partial charge in [-0.1, -0.05) is 50.2 Å². The normalized spacial score (nSPS) is 11.1. The smallest absolute Gasteiger partial charge is 0.0478 e. The summed E-state index contributed by atoms with van der Waals surface area (Å²) in [6, 6.07) is 13.1. The molecule has 0 N–H and O–H groups in total. The van der Waals surface area contributed by atoms with Crippen LogP contribution in [-0.4, -0.2) is 13.6 Å². The molecular weight excluding hydrogens is 206 g/mol. The SMILES string of the molecule is CCN(C)c1c(C(C)C)ccc2ccccc12. The Kier molecular flexibility index (Phi) is 3.37. The van der Waals surface area contributed by atoms with Gasteiger partial charge in [0.1, 0.15) is 0 Å². The van der Waals surface area contributed by atoms with E-state index in [1.165, 1.54) is 22.0 Å². The van der Waals surface area contributed by atoms with E-state index < -0.39 is 0 Å². The van der Waals surface area contributed by atoms with Crippen molar-refractivity contribution >= 4 is 16.5 Å². The van der Waals surface area contributed by atoms with Gasteiger partial charge < -0.3 is 4.90 Å². The van der Waals surface area contributed by atoms with Gasteiger partial charge in [0.2, 0.25) is 0 Å². The summed E-state index contributed by atoms with van der Waals surface area (Å²) in [5, 5.41) is 2.69. The van der Waals surface area contributed by atoms with Crippen LogP contribution >= 0.6 is 0 Å². The molecule has 17 heavy (non-hydrogen) atoms. The van der Waals surface area contributed by atoms with E-state index in [-0.39, 0.29) is 0 Å². The average Bonchev–Trinajstić information content (AvgIpc) is 2.36. The van der Waals surface area contributed by atoms with Crippen molar-refractivity contribution in [3.63, 3.8) is 0 Å². The molecule has 0 amide bonds. The maximum atomic E-state index is 2.34. The summed E-state index contributed by atoms with van der Waals surface area (Å²) in [6.45, 7) is 7.76. The largest absolute Gasteiger partial charge is 0.374 e. The van der Waals surface area contributed by atoms with Gasteiger partial charge in [0.25, 0.3) is 0 Å². The highest BCUT2D eigenvalue weighted by Crippen LogP contribution is 2.34. The average molecular weight is 227 g/mol. The molecule has 0 aromatic heterocycles. The highest BCUT2D eigenvalue weighted by Gasteiger charge is 2.12. The van der Waals surface area contributed by atoms with Crippen molar-refractivity contribution in [2.75, 3.05) is 18.5 Å². The molecule has 0 atom stereocenters. The molecule has 0 saturated heterocycles. The van der Waals surface area contributed by atoms with Gasteiger partial charge in [-0.3, -0.25) is 0 Å². The highest BCUT2D eigenvalue weighted by molar-refractivity contribution is 5.96. The van der Waals surface area contributed by atoms with Gasteiger partial charge >= 0.3 is 0 Å². The lowest BCUT2D eigenvalue weighted by molar-refractivity contribution is 0.850. The van der Waals surface area contributed by atoms with Crippen molar-refractivity contribution < 1.29 is 0 Å². The third-order valence-corrected chi connectivity index (χ3v) is 3.41. The van der Waals surface area contributed by atoms with Crippen molar-refractivity contribution in [2.45, 2.75) is 26.7 Å². The van der Waals surface area contributed by atoms with E-state index in [1.54, 1.807) is 0 Å². The van der Waals surface area contributed by atoms with Gasteiger partial charge in [-0.2, -0.15) is 0 Å². The number of rotatable bonds is 3. The fourth-order valence-electron chi connectivity index (χ4n) is 2.32. The summed E-state index contributed by atoms with van der Waals surface area (Å²) >= 11 is 0. The maximum absolute atomic E-state index is 2.34. The topological polar surface area (TPSA) is 3.24 Å². The van der Waals surface area contributed by atoms with Crippen LogP contribution in [0, 0.1) is 0 Å². The van der Waals surface area contributed by atoms with E-state index in [2.05, 4.69) is 69.1 Å². The molecule has 0 aliphatic rings. The molecule has 2 rings (SSSR count). The second-order valence-electron chi connectivity index (χ2n) is 4.89. The van der Waals surface area contributed by atoms with Crippen molar-refractivity contribution in [1.82, 2.24) is 0 Å². The van der Waals surface area contributed by atoms with Gasteiger partial charge in [0.05, 0.1) is 0 Å². The number of benzene rings is 2. The molecule has 0 aliphatic carbocycles. The molecule has 0 radical (unpaired) electrons. The van der Waals surface area contributed by atoms with Crippen LogP contribution in [0.2, 0.25) is 0 Å². The van der Waals surface area contributed by atoms with Crippen LogP contribution in [0.25, 0.3) is 10.8 Å². The number of anilines is 1. The van der Waals surface area contributed by atoms with Crippen molar-refractivity contribution in [3.05, 3.63) is 42.0 Å². The third-order valence-electron chi connectivity index (χ3n) is 3.41. The van der Waals surface area contributed by atoms with E-state index >= 15 is 0 Å². The fraction of sp³-hybridized carbons (Fsp3) is 0.375. The van der Waals surface area contributed by atoms with E-state index in [4.69, 9.17) is 0 Å². The first-order valence-corrected chi connectivity index (χ1v) is 6.38. The summed E-state index contributed by atoms with van der Waals surface area (Å²) < 4.78 is 0. The van der Waals surface area contributed by atoms with E-state index in [0.717, 1.165) is 6.54 Å². The minimum absolute atomic E-state index is 0.559. The Morgan fingerprint density at radius 2 is 1.76 bits per heavy atom. The van der Waals surface area contributed by atoms with Crippen molar-refractivity contribution in [2.24, 2.45) is 0 Å². The lowest BCUT2D eigenvalue weighted by Gasteiger charge is -2.24. The Labute approximate surface area is 104 Å². The van der Waals surface area contributed by atoms with Gasteiger partial charge in [-0.25, -0.2) is 0 Å². The van der Waals surface area contributed by atoms with Gasteiger partial charge in [0, 0.05) is 24.7 Å². The lowest BCUT2D eigenvalue weighted by Crippen LogP contribution is -2.18. The summed E-state index contributed by atoms with van der Waals surface area (Å²) in [7, 11) is 2.17. The van der Waals surface area contributed by atoms with Crippen molar-refractivity contribution in [1.29, 1.82) is 0 Å². The van der Waals surface area contributed by atoms with Crippen LogP contribution in [0.3, 0.4) is 0 Å². The Morgan fingerprint density at radius 1 is 1.06 bits per heavy atom. The molecule has 2 aromatic carbocycles. The molecule has 1 heteroatoms. The van der Waals surface area contributed by atoms with Crippen LogP contribution in [0.5, 0.6) is 0 Å². The predicted octanol–water partition coefficient (Wildman–Crippen LogP) is 4.42. The van der Waals surface area contributed by atoms with Crippen LogP contribution < -0.4 is 4.90 Å². The monoisotopic (exact) mass is 227 g/mol. The molecule has 0 heterocycles. The van der Waals surface area contributed by atoms with Crippen LogP contribution in [0.15, 0.2) is 36.4 Å². The Morgan fingerprint density at radius 3 is 2.41 bits per heavy atom.